The first-order valence-corrected chi connectivity index (χ1v) is 11.4. The lowest BCUT2D eigenvalue weighted by Gasteiger charge is -2.29. The van der Waals surface area contributed by atoms with Crippen molar-refractivity contribution in [2.45, 2.75) is 44.9 Å². The van der Waals surface area contributed by atoms with Gasteiger partial charge in [-0.3, -0.25) is 9.59 Å². The molecule has 1 fully saturated rings. The van der Waals surface area contributed by atoms with E-state index in [1.54, 1.807) is 50.3 Å². The molecule has 2 amide bonds. The third-order valence-corrected chi connectivity index (χ3v) is 6.02. The highest BCUT2D eigenvalue weighted by Gasteiger charge is 2.27. The molecule has 0 spiro atoms. The molecule has 1 N–H and O–H groups in total. The minimum atomic E-state index is -0.658. The Balaban J connectivity index is 1.75. The lowest BCUT2D eigenvalue weighted by atomic mass is 10.1. The Labute approximate surface area is 200 Å². The van der Waals surface area contributed by atoms with Crippen LogP contribution in [0.4, 0.5) is 0 Å². The molecule has 0 radical (unpaired) electrons. The molecule has 8 heteroatoms. The van der Waals surface area contributed by atoms with Crippen LogP contribution in [0.25, 0.3) is 0 Å². The third kappa shape index (κ3) is 6.85. The standard InChI is InChI=1S/C25H31ClN2O5/c1-17(25(30)27-15-21-5-4-12-33-21)28(16-18-6-9-20(26)10-7-18)24(29)14-19-8-11-22(31-2)23(13-19)32-3/h6-11,13,17,21H,4-5,12,14-16H2,1-3H3,(H,27,30)/t17-,21-/m1/s1. The first kappa shape index (κ1) is 24.9. The maximum atomic E-state index is 13.4. The number of carbonyl (C=O) groups is 2. The summed E-state index contributed by atoms with van der Waals surface area (Å²) in [5, 5.41) is 3.55. The molecular formula is C25H31ClN2O5. The van der Waals surface area contributed by atoms with Crippen molar-refractivity contribution in [2.75, 3.05) is 27.4 Å². The van der Waals surface area contributed by atoms with E-state index in [1.165, 1.54) is 0 Å². The van der Waals surface area contributed by atoms with Gasteiger partial charge in [-0.05, 0) is 55.2 Å². The average molecular weight is 475 g/mol. The smallest absolute Gasteiger partial charge is 0.242 e. The molecule has 7 nitrogen and oxygen atoms in total. The molecule has 0 saturated carbocycles. The molecule has 0 bridgehead atoms. The number of hydrogen-bond acceptors (Lipinski definition) is 5. The minimum Gasteiger partial charge on any atom is -0.493 e. The highest BCUT2D eigenvalue weighted by atomic mass is 35.5. The van der Waals surface area contributed by atoms with Gasteiger partial charge in [0.25, 0.3) is 0 Å². The molecule has 1 saturated heterocycles. The molecular weight excluding hydrogens is 444 g/mol. The monoisotopic (exact) mass is 474 g/mol. The fraction of sp³-hybridized carbons (Fsp3) is 0.440. The van der Waals surface area contributed by atoms with Crippen LogP contribution in [-0.2, 0) is 27.3 Å². The Morgan fingerprint density at radius 2 is 1.82 bits per heavy atom. The maximum Gasteiger partial charge on any atom is 0.242 e. The zero-order chi connectivity index (χ0) is 23.8. The van der Waals surface area contributed by atoms with Crippen LogP contribution < -0.4 is 14.8 Å². The van der Waals surface area contributed by atoms with Crippen LogP contribution in [0.2, 0.25) is 5.02 Å². The van der Waals surface area contributed by atoms with E-state index in [4.69, 9.17) is 25.8 Å². The Morgan fingerprint density at radius 1 is 1.12 bits per heavy atom. The van der Waals surface area contributed by atoms with Gasteiger partial charge in [0.2, 0.25) is 11.8 Å². The van der Waals surface area contributed by atoms with E-state index < -0.39 is 6.04 Å². The van der Waals surface area contributed by atoms with E-state index in [9.17, 15) is 9.59 Å². The summed E-state index contributed by atoms with van der Waals surface area (Å²) >= 11 is 6.01. The molecule has 0 aromatic heterocycles. The lowest BCUT2D eigenvalue weighted by Crippen LogP contribution is -2.49. The van der Waals surface area contributed by atoms with E-state index >= 15 is 0 Å². The summed E-state index contributed by atoms with van der Waals surface area (Å²) in [7, 11) is 3.12. The van der Waals surface area contributed by atoms with Crippen molar-refractivity contribution in [1.82, 2.24) is 10.2 Å². The van der Waals surface area contributed by atoms with Gasteiger partial charge in [0, 0.05) is 24.7 Å². The quantitative estimate of drug-likeness (QED) is 0.569. The van der Waals surface area contributed by atoms with E-state index in [-0.39, 0.29) is 30.9 Å². The summed E-state index contributed by atoms with van der Waals surface area (Å²) in [5.74, 6) is 0.764. The number of hydrogen-bond donors (Lipinski definition) is 1. The maximum absolute atomic E-state index is 13.4. The van der Waals surface area contributed by atoms with Gasteiger partial charge in [0.15, 0.2) is 11.5 Å². The second kappa shape index (κ2) is 11.9. The Kier molecular flexibility index (Phi) is 8.97. The van der Waals surface area contributed by atoms with Crippen LogP contribution in [0.15, 0.2) is 42.5 Å². The number of amides is 2. The van der Waals surface area contributed by atoms with Gasteiger partial charge in [0.1, 0.15) is 6.04 Å². The van der Waals surface area contributed by atoms with Crippen molar-refractivity contribution in [3.63, 3.8) is 0 Å². The molecule has 2 aromatic carbocycles. The summed E-state index contributed by atoms with van der Waals surface area (Å²) in [6.07, 6.45) is 2.09. The van der Waals surface area contributed by atoms with Gasteiger partial charge < -0.3 is 24.4 Å². The lowest BCUT2D eigenvalue weighted by molar-refractivity contribution is -0.140. The summed E-state index contributed by atoms with van der Waals surface area (Å²) in [5.41, 5.74) is 1.66. The number of methoxy groups -OCH3 is 2. The van der Waals surface area contributed by atoms with Gasteiger partial charge in [0.05, 0.1) is 26.7 Å². The molecule has 3 rings (SSSR count). The molecule has 1 aliphatic heterocycles. The predicted molar refractivity (Wildman–Crippen MR) is 127 cm³/mol. The summed E-state index contributed by atoms with van der Waals surface area (Å²) in [4.78, 5) is 27.9. The normalized spacial score (nSPS) is 16.2. The van der Waals surface area contributed by atoms with Gasteiger partial charge in [-0.25, -0.2) is 0 Å². The Morgan fingerprint density at radius 3 is 2.45 bits per heavy atom. The second-order valence-electron chi connectivity index (χ2n) is 8.07. The van der Waals surface area contributed by atoms with Gasteiger partial charge >= 0.3 is 0 Å². The van der Waals surface area contributed by atoms with Crippen molar-refractivity contribution < 1.29 is 23.8 Å². The van der Waals surface area contributed by atoms with Crippen molar-refractivity contribution >= 4 is 23.4 Å². The van der Waals surface area contributed by atoms with Crippen LogP contribution in [0.3, 0.4) is 0 Å². The first-order valence-electron chi connectivity index (χ1n) is 11.1. The number of carbonyl (C=O) groups excluding carboxylic acids is 2. The van der Waals surface area contributed by atoms with Crippen molar-refractivity contribution in [2.24, 2.45) is 0 Å². The molecule has 2 aromatic rings. The van der Waals surface area contributed by atoms with Crippen LogP contribution in [-0.4, -0.2) is 56.2 Å². The molecule has 178 valence electrons. The fourth-order valence-electron chi connectivity index (χ4n) is 3.80. The minimum absolute atomic E-state index is 0.0355. The third-order valence-electron chi connectivity index (χ3n) is 5.76. The van der Waals surface area contributed by atoms with E-state index in [0.29, 0.717) is 23.1 Å². The molecule has 0 unspecified atom stereocenters. The highest BCUT2D eigenvalue weighted by molar-refractivity contribution is 6.30. The van der Waals surface area contributed by atoms with E-state index in [0.717, 1.165) is 30.6 Å². The summed E-state index contributed by atoms with van der Waals surface area (Å²) in [6.45, 7) is 3.20. The van der Waals surface area contributed by atoms with Gasteiger partial charge in [-0.2, -0.15) is 0 Å². The summed E-state index contributed by atoms with van der Waals surface area (Å²) in [6, 6.07) is 12.0. The number of rotatable bonds is 10. The predicted octanol–water partition coefficient (Wildman–Crippen LogP) is 3.61. The Hall–Kier alpha value is -2.77. The molecule has 1 heterocycles. The van der Waals surface area contributed by atoms with Crippen LogP contribution >= 0.6 is 11.6 Å². The van der Waals surface area contributed by atoms with Crippen molar-refractivity contribution in [3.8, 4) is 11.5 Å². The largest absolute Gasteiger partial charge is 0.493 e. The molecule has 2 atom stereocenters. The fourth-order valence-corrected chi connectivity index (χ4v) is 3.93. The number of nitrogens with zero attached hydrogens (tertiary/aromatic N) is 1. The zero-order valence-corrected chi connectivity index (χ0v) is 20.1. The molecule has 1 aliphatic rings. The topological polar surface area (TPSA) is 77.1 Å². The average Bonchev–Trinajstić information content (AvgIpc) is 3.35. The van der Waals surface area contributed by atoms with E-state index in [2.05, 4.69) is 5.32 Å². The second-order valence-corrected chi connectivity index (χ2v) is 8.51. The van der Waals surface area contributed by atoms with Crippen molar-refractivity contribution in [1.29, 1.82) is 0 Å². The SMILES string of the molecule is COc1ccc(CC(=O)N(Cc2ccc(Cl)cc2)[C@H](C)C(=O)NC[C@H]2CCCO2)cc1OC. The van der Waals surface area contributed by atoms with Crippen LogP contribution in [0.1, 0.15) is 30.9 Å². The first-order chi connectivity index (χ1) is 15.9. The Bertz CT molecular complexity index is 944. The molecule has 0 aliphatic carbocycles. The number of ether oxygens (including phenoxy) is 3. The van der Waals surface area contributed by atoms with Crippen LogP contribution in [0, 0.1) is 0 Å². The van der Waals surface area contributed by atoms with E-state index in [1.807, 2.05) is 18.2 Å². The number of halogens is 1. The number of nitrogens with one attached hydrogen (secondary N) is 1. The van der Waals surface area contributed by atoms with Crippen molar-refractivity contribution in [3.05, 3.63) is 58.6 Å². The molecule has 33 heavy (non-hydrogen) atoms. The van der Waals surface area contributed by atoms with Gasteiger partial charge in [-0.1, -0.05) is 29.8 Å². The highest BCUT2D eigenvalue weighted by Crippen LogP contribution is 2.28. The summed E-state index contributed by atoms with van der Waals surface area (Å²) < 4.78 is 16.2. The number of benzene rings is 2. The van der Waals surface area contributed by atoms with Crippen LogP contribution in [0.5, 0.6) is 11.5 Å². The van der Waals surface area contributed by atoms with Gasteiger partial charge in [-0.15, -0.1) is 0 Å². The zero-order valence-electron chi connectivity index (χ0n) is 19.3.